The van der Waals surface area contributed by atoms with Gasteiger partial charge in [0.05, 0.1) is 6.54 Å². The molecule has 0 unspecified atom stereocenters. The number of hydrogen-bond donors (Lipinski definition) is 2. The molecular weight excluding hydrogens is 196 g/mol. The quantitative estimate of drug-likeness (QED) is 0.369. The molecule has 1 saturated heterocycles. The number of nitrogens with two attached hydrogens (primary N) is 2. The third kappa shape index (κ3) is 2.36. The third-order valence-corrected chi connectivity index (χ3v) is 2.12. The summed E-state index contributed by atoms with van der Waals surface area (Å²) in [6, 6.07) is -0.0513. The first kappa shape index (κ1) is 11.3. The number of carbonyl (C=O) groups is 1. The van der Waals surface area contributed by atoms with Crippen molar-refractivity contribution in [3.8, 4) is 0 Å². The molecule has 1 fully saturated rings. The number of hydrogen-bond acceptors (Lipinski definition) is 3. The van der Waals surface area contributed by atoms with Crippen LogP contribution < -0.4 is 11.5 Å². The van der Waals surface area contributed by atoms with E-state index in [9.17, 15) is 4.79 Å². The Bertz CT molecular complexity index is 306. The van der Waals surface area contributed by atoms with E-state index in [1.54, 1.807) is 9.80 Å². The van der Waals surface area contributed by atoms with Gasteiger partial charge in [-0.1, -0.05) is 0 Å². The van der Waals surface area contributed by atoms with Crippen LogP contribution in [0.25, 0.3) is 0 Å². The van der Waals surface area contributed by atoms with Gasteiger partial charge in [-0.3, -0.25) is 4.90 Å². The van der Waals surface area contributed by atoms with Crippen LogP contribution in [0.15, 0.2) is 10.2 Å². The third-order valence-electron chi connectivity index (χ3n) is 2.12. The highest BCUT2D eigenvalue weighted by molar-refractivity contribution is 6.04. The van der Waals surface area contributed by atoms with Crippen LogP contribution in [0.1, 0.15) is 13.8 Å². The second-order valence-corrected chi connectivity index (χ2v) is 3.08. The minimum absolute atomic E-state index is 0.0513. The second kappa shape index (κ2) is 4.63. The highest BCUT2D eigenvalue weighted by Gasteiger charge is 2.32. The van der Waals surface area contributed by atoms with Gasteiger partial charge in [0.2, 0.25) is 5.96 Å². The molecule has 1 aliphatic rings. The molecule has 84 valence electrons. The van der Waals surface area contributed by atoms with E-state index in [0.717, 1.165) is 0 Å². The summed E-state index contributed by atoms with van der Waals surface area (Å²) in [6.45, 7) is 5.46. The van der Waals surface area contributed by atoms with Crippen LogP contribution in [0.2, 0.25) is 0 Å². The molecule has 0 saturated carbocycles. The van der Waals surface area contributed by atoms with E-state index in [0.29, 0.717) is 25.5 Å². The summed E-state index contributed by atoms with van der Waals surface area (Å²) in [7, 11) is 0. The summed E-state index contributed by atoms with van der Waals surface area (Å²) in [5.74, 6) is 0.471. The number of likely N-dealkylation sites (N-methyl/N-ethyl adjacent to an activating group) is 2. The van der Waals surface area contributed by atoms with Crippen molar-refractivity contribution in [3.05, 3.63) is 0 Å². The normalized spacial score (nSPS) is 18.8. The molecule has 0 bridgehead atoms. The van der Waals surface area contributed by atoms with Gasteiger partial charge in [-0.15, -0.1) is 10.2 Å². The molecule has 0 atom stereocenters. The van der Waals surface area contributed by atoms with Gasteiger partial charge in [-0.25, -0.2) is 4.79 Å². The molecule has 1 rings (SSSR count). The van der Waals surface area contributed by atoms with Crippen LogP contribution in [0.4, 0.5) is 4.79 Å². The minimum Gasteiger partial charge on any atom is -0.369 e. The van der Waals surface area contributed by atoms with Crippen molar-refractivity contribution >= 4 is 17.8 Å². The molecule has 7 heteroatoms. The number of guanidine groups is 1. The van der Waals surface area contributed by atoms with Gasteiger partial charge in [0.1, 0.15) is 0 Å². The molecule has 15 heavy (non-hydrogen) atoms. The van der Waals surface area contributed by atoms with E-state index in [4.69, 9.17) is 11.5 Å². The van der Waals surface area contributed by atoms with Crippen LogP contribution in [-0.4, -0.2) is 47.3 Å². The monoisotopic (exact) mass is 212 g/mol. The zero-order valence-corrected chi connectivity index (χ0v) is 8.97. The zero-order valence-electron chi connectivity index (χ0n) is 8.97. The van der Waals surface area contributed by atoms with Gasteiger partial charge in [0, 0.05) is 13.1 Å². The minimum atomic E-state index is -0.110. The van der Waals surface area contributed by atoms with E-state index in [1.807, 2.05) is 13.8 Å². The average molecular weight is 212 g/mol. The summed E-state index contributed by atoms with van der Waals surface area (Å²) in [5.41, 5.74) is 10.3. The Hall–Kier alpha value is -1.79. The molecule has 0 aromatic rings. The second-order valence-electron chi connectivity index (χ2n) is 3.08. The Labute approximate surface area is 88.4 Å². The number of urea groups is 1. The molecule has 2 amide bonds. The van der Waals surface area contributed by atoms with Crippen LogP contribution in [0.5, 0.6) is 0 Å². The fourth-order valence-electron chi connectivity index (χ4n) is 1.37. The van der Waals surface area contributed by atoms with Gasteiger partial charge < -0.3 is 16.4 Å². The number of amidine groups is 1. The molecule has 0 spiro atoms. The smallest absolute Gasteiger partial charge is 0.325 e. The van der Waals surface area contributed by atoms with Crippen LogP contribution in [0, 0.1) is 0 Å². The largest absolute Gasteiger partial charge is 0.369 e. The molecule has 7 nitrogen and oxygen atoms in total. The molecule has 4 N–H and O–H groups in total. The van der Waals surface area contributed by atoms with Crippen molar-refractivity contribution in [3.63, 3.8) is 0 Å². The van der Waals surface area contributed by atoms with Gasteiger partial charge in [-0.05, 0) is 13.8 Å². The topological polar surface area (TPSA) is 100 Å². The maximum atomic E-state index is 11.7. The Morgan fingerprint density at radius 2 is 2.07 bits per heavy atom. The predicted molar refractivity (Wildman–Crippen MR) is 58.3 cm³/mol. The number of rotatable bonds is 3. The zero-order chi connectivity index (χ0) is 11.4. The standard InChI is InChI=1S/C8H16N6O/c1-3-13-5-6(11-12-7(9)10)14(4-2)8(13)15/h3-5H2,1-2H3,(H4,9,10,12). The number of nitrogens with zero attached hydrogens (tertiary/aromatic N) is 4. The van der Waals surface area contributed by atoms with E-state index in [1.165, 1.54) is 0 Å². The maximum Gasteiger partial charge on any atom is 0.325 e. The van der Waals surface area contributed by atoms with Gasteiger partial charge in [0.15, 0.2) is 5.84 Å². The SMILES string of the molecule is CCN1CC(=NN=C(N)N)N(CC)C1=O. The number of amides is 2. The average Bonchev–Trinajstić information content (AvgIpc) is 2.51. The van der Waals surface area contributed by atoms with Crippen LogP contribution in [0.3, 0.4) is 0 Å². The molecule has 1 heterocycles. The predicted octanol–water partition coefficient (Wildman–Crippen LogP) is -0.649. The Morgan fingerprint density at radius 3 is 2.53 bits per heavy atom. The van der Waals surface area contributed by atoms with Crippen molar-refractivity contribution in [2.24, 2.45) is 21.7 Å². The summed E-state index contributed by atoms with van der Waals surface area (Å²) >= 11 is 0. The van der Waals surface area contributed by atoms with Crippen molar-refractivity contribution in [1.29, 1.82) is 0 Å². The molecule has 0 aromatic carbocycles. The lowest BCUT2D eigenvalue weighted by atomic mass is 10.5. The number of carbonyl (C=O) groups excluding carboxylic acids is 1. The summed E-state index contributed by atoms with van der Waals surface area (Å²) in [4.78, 5) is 14.9. The fourth-order valence-corrected chi connectivity index (χ4v) is 1.37. The van der Waals surface area contributed by atoms with E-state index < -0.39 is 0 Å². The first-order valence-corrected chi connectivity index (χ1v) is 4.82. The molecule has 0 aromatic heterocycles. The fraction of sp³-hybridized carbons (Fsp3) is 0.625. The van der Waals surface area contributed by atoms with Crippen molar-refractivity contribution in [2.75, 3.05) is 19.6 Å². The first-order valence-electron chi connectivity index (χ1n) is 4.82. The van der Waals surface area contributed by atoms with Crippen molar-refractivity contribution in [2.45, 2.75) is 13.8 Å². The first-order chi connectivity index (χ1) is 7.10. The van der Waals surface area contributed by atoms with E-state index in [2.05, 4.69) is 10.2 Å². The lowest BCUT2D eigenvalue weighted by molar-refractivity contribution is 0.199. The summed E-state index contributed by atoms with van der Waals surface area (Å²) < 4.78 is 0. The Kier molecular flexibility index (Phi) is 3.48. The van der Waals surface area contributed by atoms with Gasteiger partial charge in [-0.2, -0.15) is 0 Å². The highest BCUT2D eigenvalue weighted by Crippen LogP contribution is 2.10. The molecule has 0 aliphatic carbocycles. The van der Waals surface area contributed by atoms with Gasteiger partial charge >= 0.3 is 6.03 Å². The van der Waals surface area contributed by atoms with Crippen LogP contribution >= 0.6 is 0 Å². The Balaban J connectivity index is 2.86. The van der Waals surface area contributed by atoms with Crippen molar-refractivity contribution < 1.29 is 4.79 Å². The maximum absolute atomic E-state index is 11.7. The molecule has 1 aliphatic heterocycles. The molecular formula is C8H16N6O. The lowest BCUT2D eigenvalue weighted by Gasteiger charge is -2.13. The summed E-state index contributed by atoms with van der Waals surface area (Å²) in [6.07, 6.45) is 0. The Morgan fingerprint density at radius 1 is 1.40 bits per heavy atom. The van der Waals surface area contributed by atoms with E-state index in [-0.39, 0.29) is 12.0 Å². The van der Waals surface area contributed by atoms with Gasteiger partial charge in [0.25, 0.3) is 0 Å². The highest BCUT2D eigenvalue weighted by atomic mass is 16.2. The van der Waals surface area contributed by atoms with Crippen LogP contribution in [-0.2, 0) is 0 Å². The summed E-state index contributed by atoms with van der Waals surface area (Å²) in [5, 5.41) is 7.39. The van der Waals surface area contributed by atoms with Crippen molar-refractivity contribution in [1.82, 2.24) is 9.80 Å². The van der Waals surface area contributed by atoms with E-state index >= 15 is 0 Å². The molecule has 0 radical (unpaired) electrons. The lowest BCUT2D eigenvalue weighted by Crippen LogP contribution is -2.32.